The third kappa shape index (κ3) is 3.62. The quantitative estimate of drug-likeness (QED) is 0.922. The second-order valence-corrected chi connectivity index (χ2v) is 6.58. The summed E-state index contributed by atoms with van der Waals surface area (Å²) in [5.74, 6) is 0.241. The summed E-state index contributed by atoms with van der Waals surface area (Å²) >= 11 is 0. The minimum atomic E-state index is -1.29. The van der Waals surface area contributed by atoms with Crippen molar-refractivity contribution in [3.63, 3.8) is 0 Å². The topological polar surface area (TPSA) is 40.5 Å². The van der Waals surface area contributed by atoms with Crippen molar-refractivity contribution in [1.29, 1.82) is 0 Å². The minimum absolute atomic E-state index is 0.152. The highest BCUT2D eigenvalue weighted by atomic mass is 16.3. The summed E-state index contributed by atoms with van der Waals surface area (Å²) < 4.78 is 0. The van der Waals surface area contributed by atoms with Crippen molar-refractivity contribution in [1.82, 2.24) is 4.90 Å². The SMILES string of the molecule is CC(O)(CCc1ccccc1)C(=O)N1CC(c2ccccc2)C1. The summed E-state index contributed by atoms with van der Waals surface area (Å²) in [6.45, 7) is 3.03. The third-order valence-electron chi connectivity index (χ3n) is 4.64. The van der Waals surface area contributed by atoms with E-state index in [2.05, 4.69) is 12.1 Å². The van der Waals surface area contributed by atoms with E-state index in [1.54, 1.807) is 11.8 Å². The van der Waals surface area contributed by atoms with Gasteiger partial charge in [0.1, 0.15) is 5.60 Å². The summed E-state index contributed by atoms with van der Waals surface area (Å²) in [7, 11) is 0. The number of aliphatic hydroxyl groups is 1. The van der Waals surface area contributed by atoms with Crippen molar-refractivity contribution in [2.45, 2.75) is 31.3 Å². The van der Waals surface area contributed by atoms with Crippen LogP contribution >= 0.6 is 0 Å². The largest absolute Gasteiger partial charge is 0.380 e. The molecular weight excluding hydrogens is 286 g/mol. The van der Waals surface area contributed by atoms with Crippen molar-refractivity contribution in [3.05, 3.63) is 71.8 Å². The number of aryl methyl sites for hydroxylation is 1. The molecule has 1 heterocycles. The molecule has 0 spiro atoms. The van der Waals surface area contributed by atoms with Crippen LogP contribution in [0.1, 0.15) is 30.4 Å². The van der Waals surface area contributed by atoms with E-state index in [1.807, 2.05) is 48.5 Å². The van der Waals surface area contributed by atoms with Gasteiger partial charge in [-0.3, -0.25) is 4.79 Å². The molecule has 0 bridgehead atoms. The average molecular weight is 309 g/mol. The Bertz CT molecular complexity index is 646. The lowest BCUT2D eigenvalue weighted by atomic mass is 9.88. The molecule has 0 saturated carbocycles. The van der Waals surface area contributed by atoms with Gasteiger partial charge in [-0.05, 0) is 30.9 Å². The number of nitrogens with zero attached hydrogens (tertiary/aromatic N) is 1. The van der Waals surface area contributed by atoms with E-state index in [0.717, 1.165) is 5.56 Å². The first-order chi connectivity index (χ1) is 11.1. The van der Waals surface area contributed by atoms with Crippen LogP contribution in [-0.4, -0.2) is 34.6 Å². The third-order valence-corrected chi connectivity index (χ3v) is 4.64. The highest BCUT2D eigenvalue weighted by Crippen LogP contribution is 2.29. The minimum Gasteiger partial charge on any atom is -0.380 e. The van der Waals surface area contributed by atoms with Gasteiger partial charge in [0, 0.05) is 19.0 Å². The lowest BCUT2D eigenvalue weighted by molar-refractivity contribution is -0.155. The summed E-state index contributed by atoms with van der Waals surface area (Å²) in [5.41, 5.74) is 1.11. The van der Waals surface area contributed by atoms with E-state index in [-0.39, 0.29) is 5.91 Å². The van der Waals surface area contributed by atoms with Crippen LogP contribution in [-0.2, 0) is 11.2 Å². The fourth-order valence-corrected chi connectivity index (χ4v) is 3.06. The first-order valence-electron chi connectivity index (χ1n) is 8.17. The fourth-order valence-electron chi connectivity index (χ4n) is 3.06. The normalized spacial score (nSPS) is 17.4. The van der Waals surface area contributed by atoms with Crippen molar-refractivity contribution in [2.24, 2.45) is 0 Å². The average Bonchev–Trinajstić information content (AvgIpc) is 2.53. The molecule has 3 rings (SSSR count). The van der Waals surface area contributed by atoms with Crippen molar-refractivity contribution in [3.8, 4) is 0 Å². The number of hydrogen-bond donors (Lipinski definition) is 1. The summed E-state index contributed by atoms with van der Waals surface area (Å²) in [6, 6.07) is 20.2. The number of carbonyl (C=O) groups excluding carboxylic acids is 1. The van der Waals surface area contributed by atoms with E-state index in [1.165, 1.54) is 5.56 Å². The van der Waals surface area contributed by atoms with E-state index in [0.29, 0.717) is 31.8 Å². The molecule has 3 nitrogen and oxygen atoms in total. The predicted molar refractivity (Wildman–Crippen MR) is 91.1 cm³/mol. The standard InChI is InChI=1S/C20H23NO2/c1-20(23,13-12-16-8-4-2-5-9-16)19(22)21-14-18(15-21)17-10-6-3-7-11-17/h2-11,18,23H,12-15H2,1H3. The van der Waals surface area contributed by atoms with Crippen LogP contribution in [0.2, 0.25) is 0 Å². The number of carbonyl (C=O) groups is 1. The summed E-state index contributed by atoms with van der Waals surface area (Å²) in [4.78, 5) is 14.3. The molecular formula is C20H23NO2. The van der Waals surface area contributed by atoms with Gasteiger partial charge in [0.05, 0.1) is 0 Å². The van der Waals surface area contributed by atoms with Crippen molar-refractivity contribution in [2.75, 3.05) is 13.1 Å². The number of amides is 1. The summed E-state index contributed by atoms with van der Waals surface area (Å²) in [6.07, 6.45) is 1.15. The smallest absolute Gasteiger partial charge is 0.254 e. The zero-order chi connectivity index (χ0) is 16.3. The van der Waals surface area contributed by atoms with E-state index in [4.69, 9.17) is 0 Å². The van der Waals surface area contributed by atoms with E-state index < -0.39 is 5.60 Å². The number of benzene rings is 2. The second kappa shape index (κ2) is 6.55. The van der Waals surface area contributed by atoms with Crippen LogP contribution < -0.4 is 0 Å². The van der Waals surface area contributed by atoms with Crippen LogP contribution in [0.5, 0.6) is 0 Å². The predicted octanol–water partition coefficient (Wildman–Crippen LogP) is 3.00. The highest BCUT2D eigenvalue weighted by Gasteiger charge is 2.40. The number of rotatable bonds is 5. The van der Waals surface area contributed by atoms with Gasteiger partial charge in [-0.15, -0.1) is 0 Å². The van der Waals surface area contributed by atoms with Gasteiger partial charge in [0.25, 0.3) is 5.91 Å². The lowest BCUT2D eigenvalue weighted by Gasteiger charge is -2.43. The maximum atomic E-state index is 12.5. The van der Waals surface area contributed by atoms with Crippen LogP contribution in [0.25, 0.3) is 0 Å². The number of likely N-dealkylation sites (tertiary alicyclic amines) is 1. The van der Waals surface area contributed by atoms with Gasteiger partial charge in [0.2, 0.25) is 0 Å². The Hall–Kier alpha value is -2.13. The van der Waals surface area contributed by atoms with Gasteiger partial charge in [0.15, 0.2) is 0 Å². The first-order valence-corrected chi connectivity index (χ1v) is 8.17. The Morgan fingerprint density at radius 2 is 1.65 bits per heavy atom. The van der Waals surface area contributed by atoms with Gasteiger partial charge < -0.3 is 10.0 Å². The van der Waals surface area contributed by atoms with E-state index >= 15 is 0 Å². The molecule has 0 radical (unpaired) electrons. The molecule has 2 aromatic carbocycles. The maximum absolute atomic E-state index is 12.5. The molecule has 23 heavy (non-hydrogen) atoms. The van der Waals surface area contributed by atoms with Crippen molar-refractivity contribution < 1.29 is 9.90 Å². The van der Waals surface area contributed by atoms with Gasteiger partial charge in [-0.25, -0.2) is 0 Å². The molecule has 1 N–H and O–H groups in total. The Kier molecular flexibility index (Phi) is 4.49. The molecule has 1 amide bonds. The van der Waals surface area contributed by atoms with E-state index in [9.17, 15) is 9.90 Å². The highest BCUT2D eigenvalue weighted by molar-refractivity contribution is 5.85. The molecule has 1 aliphatic heterocycles. The molecule has 1 unspecified atom stereocenters. The molecule has 0 aliphatic carbocycles. The Morgan fingerprint density at radius 1 is 1.09 bits per heavy atom. The monoisotopic (exact) mass is 309 g/mol. The van der Waals surface area contributed by atoms with Gasteiger partial charge >= 0.3 is 0 Å². The van der Waals surface area contributed by atoms with Crippen LogP contribution in [0.4, 0.5) is 0 Å². The van der Waals surface area contributed by atoms with Crippen LogP contribution in [0.15, 0.2) is 60.7 Å². The maximum Gasteiger partial charge on any atom is 0.254 e. The fraction of sp³-hybridized carbons (Fsp3) is 0.350. The van der Waals surface area contributed by atoms with Crippen LogP contribution in [0, 0.1) is 0 Å². The molecule has 1 atom stereocenters. The summed E-state index contributed by atoms with van der Waals surface area (Å²) in [5, 5.41) is 10.5. The molecule has 2 aromatic rings. The Labute approximate surface area is 137 Å². The Balaban J connectivity index is 1.53. The zero-order valence-corrected chi connectivity index (χ0v) is 13.5. The molecule has 120 valence electrons. The molecule has 1 saturated heterocycles. The van der Waals surface area contributed by atoms with Gasteiger partial charge in [-0.1, -0.05) is 60.7 Å². The Morgan fingerprint density at radius 3 is 2.26 bits per heavy atom. The van der Waals surface area contributed by atoms with Gasteiger partial charge in [-0.2, -0.15) is 0 Å². The lowest BCUT2D eigenvalue weighted by Crippen LogP contribution is -2.56. The second-order valence-electron chi connectivity index (χ2n) is 6.58. The molecule has 1 fully saturated rings. The first kappa shape index (κ1) is 15.8. The number of hydrogen-bond acceptors (Lipinski definition) is 2. The molecule has 1 aliphatic rings. The zero-order valence-electron chi connectivity index (χ0n) is 13.5. The molecule has 3 heteroatoms. The van der Waals surface area contributed by atoms with Crippen molar-refractivity contribution >= 4 is 5.91 Å². The molecule has 0 aromatic heterocycles. The van der Waals surface area contributed by atoms with Crippen LogP contribution in [0.3, 0.4) is 0 Å².